The van der Waals surface area contributed by atoms with Crippen LogP contribution >= 0.6 is 0 Å². The highest BCUT2D eigenvalue weighted by molar-refractivity contribution is 6.03. The molecule has 2 aliphatic rings. The molecule has 0 aliphatic carbocycles. The molecule has 3 N–H and O–H groups in total. The van der Waals surface area contributed by atoms with Crippen molar-refractivity contribution < 1.29 is 41.9 Å². The molecular weight excluding hydrogens is 655 g/mol. The third-order valence-corrected chi connectivity index (χ3v) is 9.28. The van der Waals surface area contributed by atoms with Gasteiger partial charge in [0.05, 0.1) is 6.04 Å². The second-order valence-corrected chi connectivity index (χ2v) is 13.9. The molecule has 0 bridgehead atoms. The Bertz CT molecular complexity index is 1290. The van der Waals surface area contributed by atoms with Crippen molar-refractivity contribution in [1.82, 2.24) is 20.4 Å². The molecule has 2 heterocycles. The van der Waals surface area contributed by atoms with Crippen molar-refractivity contribution in [2.45, 2.75) is 123 Å². The van der Waals surface area contributed by atoms with Crippen LogP contribution in [0.5, 0.6) is 0 Å². The summed E-state index contributed by atoms with van der Waals surface area (Å²) in [6.07, 6.45) is 0.489. The molecule has 1 aromatic rings. The molecule has 280 valence electrons. The van der Waals surface area contributed by atoms with E-state index < -0.39 is 48.0 Å². The lowest BCUT2D eigenvalue weighted by Crippen LogP contribution is -2.58. The van der Waals surface area contributed by atoms with Gasteiger partial charge in [-0.1, -0.05) is 52.2 Å². The van der Waals surface area contributed by atoms with E-state index in [2.05, 4.69) is 20.9 Å². The average Bonchev–Trinajstić information content (AvgIpc) is 3.30. The molecule has 0 spiro atoms. The Morgan fingerprint density at radius 2 is 1.60 bits per heavy atom. The summed E-state index contributed by atoms with van der Waals surface area (Å²) in [6.45, 7) is 9.24. The number of imide groups is 1. The van der Waals surface area contributed by atoms with Crippen molar-refractivity contribution >= 4 is 35.3 Å². The van der Waals surface area contributed by atoms with E-state index in [0.717, 1.165) is 38.0 Å². The first-order valence-corrected chi connectivity index (χ1v) is 17.9. The Morgan fingerprint density at radius 1 is 0.920 bits per heavy atom. The van der Waals surface area contributed by atoms with E-state index in [9.17, 15) is 37.1 Å². The highest BCUT2D eigenvalue weighted by Gasteiger charge is 2.42. The maximum Gasteiger partial charge on any atom is 0.403 e. The van der Waals surface area contributed by atoms with Crippen LogP contribution in [0.3, 0.4) is 0 Å². The third-order valence-electron chi connectivity index (χ3n) is 9.28. The largest absolute Gasteiger partial charge is 0.461 e. The molecule has 2 aliphatic heterocycles. The van der Waals surface area contributed by atoms with Crippen LogP contribution in [0.4, 0.5) is 18.9 Å². The van der Waals surface area contributed by atoms with Gasteiger partial charge in [0.15, 0.2) is 0 Å². The van der Waals surface area contributed by atoms with E-state index in [4.69, 9.17) is 4.74 Å². The van der Waals surface area contributed by atoms with Gasteiger partial charge in [-0.2, -0.15) is 13.2 Å². The third kappa shape index (κ3) is 13.3. The van der Waals surface area contributed by atoms with Gasteiger partial charge in [-0.05, 0) is 81.8 Å². The summed E-state index contributed by atoms with van der Waals surface area (Å²) in [5, 5.41) is 8.10. The monoisotopic (exact) mass is 709 g/mol. The molecular formula is C36H54F3N5O6. The predicted molar refractivity (Wildman–Crippen MR) is 183 cm³/mol. The van der Waals surface area contributed by atoms with Gasteiger partial charge in [-0.15, -0.1) is 0 Å². The SMILES string of the molecule is CC(=O)OCc1ccc(NC(=O)[C@H](CCCN2CCCCC2)NC(=O)[C@@H](N[C@H](CCCCCN2C(=O)CC(C)C2=O)C(F)(F)F)C(C)C)cc1. The van der Waals surface area contributed by atoms with Crippen molar-refractivity contribution in [1.29, 1.82) is 0 Å². The van der Waals surface area contributed by atoms with Crippen molar-refractivity contribution in [3.05, 3.63) is 29.8 Å². The molecule has 50 heavy (non-hydrogen) atoms. The number of amides is 4. The van der Waals surface area contributed by atoms with E-state index in [-0.39, 0.29) is 50.1 Å². The highest BCUT2D eigenvalue weighted by atomic mass is 19.4. The van der Waals surface area contributed by atoms with E-state index in [1.165, 1.54) is 18.2 Å². The summed E-state index contributed by atoms with van der Waals surface area (Å²) in [6, 6.07) is 2.52. The number of halogens is 3. The Labute approximate surface area is 293 Å². The number of hydrogen-bond acceptors (Lipinski definition) is 8. The number of anilines is 1. The molecule has 14 heteroatoms. The first kappa shape index (κ1) is 40.9. The standard InChI is InChI=1S/C36H54F3N5O6/c1-24(2)32(42-30(36(37,38)39)13-7-5-10-21-44-31(46)22-25(3)35(44)49)34(48)41-29(12-11-20-43-18-8-6-9-19-43)33(47)40-28-16-14-27(15-17-28)23-50-26(4)45/h14-17,24-25,29-30,32,42H,5-13,18-23H2,1-4H3,(H,40,47)(H,41,48)/t25?,29-,30+,32-/m0/s1. The molecule has 0 aromatic heterocycles. The molecule has 2 saturated heterocycles. The molecule has 4 atom stereocenters. The Morgan fingerprint density at radius 3 is 2.18 bits per heavy atom. The number of ether oxygens (including phenoxy) is 1. The maximum atomic E-state index is 14.2. The molecule has 1 unspecified atom stereocenters. The lowest BCUT2D eigenvalue weighted by molar-refractivity contribution is -0.161. The lowest BCUT2D eigenvalue weighted by Gasteiger charge is -2.31. The first-order valence-electron chi connectivity index (χ1n) is 17.9. The van der Waals surface area contributed by atoms with Crippen LogP contribution in [0.2, 0.25) is 0 Å². The van der Waals surface area contributed by atoms with Gasteiger partial charge in [0.2, 0.25) is 23.6 Å². The van der Waals surface area contributed by atoms with Gasteiger partial charge in [0, 0.05) is 31.5 Å². The van der Waals surface area contributed by atoms with Crippen molar-refractivity contribution in [2.75, 3.05) is 31.5 Å². The molecule has 1 aromatic carbocycles. The maximum absolute atomic E-state index is 14.2. The highest BCUT2D eigenvalue weighted by Crippen LogP contribution is 2.26. The van der Waals surface area contributed by atoms with Gasteiger partial charge in [0.25, 0.3) is 0 Å². The molecule has 0 radical (unpaired) electrons. The van der Waals surface area contributed by atoms with E-state index in [1.807, 2.05) is 0 Å². The quantitative estimate of drug-likeness (QED) is 0.104. The number of esters is 1. The molecule has 2 fully saturated rings. The summed E-state index contributed by atoms with van der Waals surface area (Å²) in [5.74, 6) is -2.98. The fourth-order valence-corrected chi connectivity index (χ4v) is 6.34. The number of alkyl halides is 3. The topological polar surface area (TPSA) is 137 Å². The average molecular weight is 710 g/mol. The minimum atomic E-state index is -4.63. The molecule has 0 saturated carbocycles. The molecule has 11 nitrogen and oxygen atoms in total. The van der Waals surface area contributed by atoms with Crippen LogP contribution in [0, 0.1) is 11.8 Å². The smallest absolute Gasteiger partial charge is 0.403 e. The Balaban J connectivity index is 1.63. The van der Waals surface area contributed by atoms with Crippen LogP contribution in [-0.4, -0.2) is 89.9 Å². The van der Waals surface area contributed by atoms with E-state index >= 15 is 0 Å². The molecule has 3 rings (SSSR count). The first-order chi connectivity index (χ1) is 23.6. The normalized spacial score (nSPS) is 19.0. The van der Waals surface area contributed by atoms with Crippen LogP contribution < -0.4 is 16.0 Å². The number of carbonyl (C=O) groups is 5. The van der Waals surface area contributed by atoms with Crippen molar-refractivity contribution in [3.63, 3.8) is 0 Å². The summed E-state index contributed by atoms with van der Waals surface area (Å²) in [7, 11) is 0. The second kappa shape index (κ2) is 19.8. The lowest BCUT2D eigenvalue weighted by atomic mass is 9.99. The van der Waals surface area contributed by atoms with Gasteiger partial charge < -0.3 is 20.3 Å². The van der Waals surface area contributed by atoms with E-state index in [1.54, 1.807) is 45.0 Å². The van der Waals surface area contributed by atoms with Gasteiger partial charge >= 0.3 is 12.1 Å². The number of benzene rings is 1. The zero-order chi connectivity index (χ0) is 36.8. The summed E-state index contributed by atoms with van der Waals surface area (Å²) in [4.78, 5) is 65.9. The van der Waals surface area contributed by atoms with Crippen LogP contribution in [0.1, 0.15) is 97.5 Å². The van der Waals surface area contributed by atoms with Gasteiger partial charge in [-0.3, -0.25) is 34.2 Å². The number of carbonyl (C=O) groups excluding carboxylic acids is 5. The number of nitrogens with zero attached hydrogens (tertiary/aromatic N) is 2. The Hall–Kier alpha value is -3.52. The summed E-state index contributed by atoms with van der Waals surface area (Å²) in [5.41, 5.74) is 1.18. The predicted octanol–water partition coefficient (Wildman–Crippen LogP) is 4.94. The van der Waals surface area contributed by atoms with Crippen LogP contribution in [0.15, 0.2) is 24.3 Å². The number of rotatable bonds is 19. The zero-order valence-corrected chi connectivity index (χ0v) is 29.8. The van der Waals surface area contributed by atoms with Crippen molar-refractivity contribution in [2.24, 2.45) is 11.8 Å². The Kier molecular flexibility index (Phi) is 16.2. The summed E-state index contributed by atoms with van der Waals surface area (Å²) < 4.78 is 47.6. The summed E-state index contributed by atoms with van der Waals surface area (Å²) >= 11 is 0. The molecule has 4 amide bonds. The fraction of sp³-hybridized carbons (Fsp3) is 0.694. The van der Waals surface area contributed by atoms with Crippen LogP contribution in [-0.2, 0) is 35.3 Å². The van der Waals surface area contributed by atoms with Crippen LogP contribution in [0.25, 0.3) is 0 Å². The minimum Gasteiger partial charge on any atom is -0.461 e. The van der Waals surface area contributed by atoms with E-state index in [0.29, 0.717) is 31.4 Å². The number of likely N-dealkylation sites (tertiary alicyclic amines) is 2. The fourth-order valence-electron chi connectivity index (χ4n) is 6.34. The van der Waals surface area contributed by atoms with Gasteiger partial charge in [0.1, 0.15) is 18.7 Å². The zero-order valence-electron chi connectivity index (χ0n) is 29.8. The number of hydrogen-bond donors (Lipinski definition) is 3. The second-order valence-electron chi connectivity index (χ2n) is 13.9. The number of unbranched alkanes of at least 4 members (excludes halogenated alkanes) is 2. The van der Waals surface area contributed by atoms with Crippen molar-refractivity contribution in [3.8, 4) is 0 Å². The van der Waals surface area contributed by atoms with Gasteiger partial charge in [-0.25, -0.2) is 0 Å². The number of nitrogens with one attached hydrogen (secondary N) is 3. The minimum absolute atomic E-state index is 0.0845. The number of piperidine rings is 1.